The number of hydrogen-bond acceptors (Lipinski definition) is 7. The van der Waals surface area contributed by atoms with E-state index < -0.39 is 11.9 Å². The van der Waals surface area contributed by atoms with Gasteiger partial charge in [-0.15, -0.1) is 0 Å². The Bertz CT molecular complexity index is 1070. The molecule has 0 fully saturated rings. The largest absolute Gasteiger partial charge is 0.462 e. The van der Waals surface area contributed by atoms with Gasteiger partial charge in [-0.2, -0.15) is 5.26 Å². The van der Waals surface area contributed by atoms with Gasteiger partial charge in [0.25, 0.3) is 5.91 Å². The first-order valence-electron chi connectivity index (χ1n) is 8.77. The van der Waals surface area contributed by atoms with E-state index in [2.05, 4.69) is 20.6 Å². The number of nitriles is 1. The molecule has 0 saturated carbocycles. The number of benzene rings is 2. The van der Waals surface area contributed by atoms with Crippen molar-refractivity contribution in [3.63, 3.8) is 0 Å². The average molecular weight is 387 g/mol. The van der Waals surface area contributed by atoms with Gasteiger partial charge in [-0.3, -0.25) is 4.79 Å². The van der Waals surface area contributed by atoms with Crippen molar-refractivity contribution in [3.05, 3.63) is 77.6 Å². The fourth-order valence-corrected chi connectivity index (χ4v) is 2.48. The number of nitrogens with zero attached hydrogens (tertiary/aromatic N) is 3. The standard InChI is InChI=1S/C21H17N5O3/c1-2-29-20(28)17-8-3-4-9-18(17)26-21-23-12-15(13-24-21)19(27)25-16-7-5-6-14(10-16)11-22/h3-10,12-13H,2H2,1H3,(H,25,27)(H,23,24,26). The van der Waals surface area contributed by atoms with Crippen LogP contribution in [-0.2, 0) is 4.74 Å². The number of hydrogen-bond donors (Lipinski definition) is 2. The third kappa shape index (κ3) is 4.93. The van der Waals surface area contributed by atoms with Gasteiger partial charge in [-0.25, -0.2) is 14.8 Å². The second kappa shape index (κ2) is 9.10. The molecule has 0 atom stereocenters. The van der Waals surface area contributed by atoms with Crippen LogP contribution in [0, 0.1) is 11.3 Å². The highest BCUT2D eigenvalue weighted by molar-refractivity contribution is 6.04. The van der Waals surface area contributed by atoms with Crippen LogP contribution in [-0.4, -0.2) is 28.5 Å². The van der Waals surface area contributed by atoms with Gasteiger partial charge in [0.05, 0.1) is 35.1 Å². The summed E-state index contributed by atoms with van der Waals surface area (Å²) in [6, 6.07) is 15.4. The van der Waals surface area contributed by atoms with Crippen molar-refractivity contribution in [3.8, 4) is 6.07 Å². The minimum Gasteiger partial charge on any atom is -0.462 e. The number of esters is 1. The van der Waals surface area contributed by atoms with E-state index in [1.54, 1.807) is 55.5 Å². The van der Waals surface area contributed by atoms with Gasteiger partial charge >= 0.3 is 5.97 Å². The Morgan fingerprint density at radius 2 is 1.86 bits per heavy atom. The summed E-state index contributed by atoms with van der Waals surface area (Å²) in [7, 11) is 0. The van der Waals surface area contributed by atoms with E-state index in [-0.39, 0.29) is 18.1 Å². The molecule has 29 heavy (non-hydrogen) atoms. The highest BCUT2D eigenvalue weighted by Gasteiger charge is 2.13. The summed E-state index contributed by atoms with van der Waals surface area (Å²) in [5, 5.41) is 14.6. The number of ether oxygens (including phenoxy) is 1. The van der Waals surface area contributed by atoms with E-state index in [4.69, 9.17) is 10.00 Å². The minimum atomic E-state index is -0.453. The van der Waals surface area contributed by atoms with Crippen LogP contribution in [0.3, 0.4) is 0 Å². The summed E-state index contributed by atoms with van der Waals surface area (Å²) < 4.78 is 5.04. The molecule has 8 heteroatoms. The molecule has 0 spiro atoms. The molecule has 0 aliphatic carbocycles. The number of anilines is 3. The van der Waals surface area contributed by atoms with Crippen LogP contribution < -0.4 is 10.6 Å². The van der Waals surface area contributed by atoms with E-state index in [1.807, 2.05) is 6.07 Å². The lowest BCUT2D eigenvalue weighted by atomic mass is 10.2. The van der Waals surface area contributed by atoms with Gasteiger partial charge in [0, 0.05) is 18.1 Å². The van der Waals surface area contributed by atoms with Crippen molar-refractivity contribution in [1.82, 2.24) is 9.97 Å². The summed E-state index contributed by atoms with van der Waals surface area (Å²) >= 11 is 0. The van der Waals surface area contributed by atoms with Crippen LogP contribution in [0.1, 0.15) is 33.2 Å². The topological polar surface area (TPSA) is 117 Å². The second-order valence-electron chi connectivity index (χ2n) is 5.83. The molecular weight excluding hydrogens is 370 g/mol. The molecule has 3 aromatic rings. The van der Waals surface area contributed by atoms with Crippen molar-refractivity contribution in [2.75, 3.05) is 17.2 Å². The Morgan fingerprint density at radius 3 is 2.59 bits per heavy atom. The van der Waals surface area contributed by atoms with Crippen LogP contribution in [0.15, 0.2) is 60.9 Å². The fraction of sp³-hybridized carbons (Fsp3) is 0.0952. The van der Waals surface area contributed by atoms with Gasteiger partial charge in [0.1, 0.15) is 0 Å². The molecule has 0 radical (unpaired) electrons. The Hall–Kier alpha value is -4.25. The second-order valence-corrected chi connectivity index (χ2v) is 5.83. The quantitative estimate of drug-likeness (QED) is 0.621. The Balaban J connectivity index is 1.72. The third-order valence-corrected chi connectivity index (χ3v) is 3.83. The molecule has 0 aliphatic heterocycles. The zero-order chi connectivity index (χ0) is 20.6. The van der Waals surface area contributed by atoms with Crippen LogP contribution >= 0.6 is 0 Å². The molecule has 0 unspecified atom stereocenters. The summed E-state index contributed by atoms with van der Waals surface area (Å²) in [5.41, 5.74) is 2.05. The minimum absolute atomic E-state index is 0.227. The molecule has 0 bridgehead atoms. The molecule has 0 aliphatic rings. The number of aromatic nitrogens is 2. The summed E-state index contributed by atoms with van der Waals surface area (Å²) in [6.45, 7) is 2.00. The maximum atomic E-state index is 12.3. The summed E-state index contributed by atoms with van der Waals surface area (Å²) in [6.07, 6.45) is 2.73. The van der Waals surface area contributed by atoms with Crippen molar-refractivity contribution in [2.45, 2.75) is 6.92 Å². The number of carbonyl (C=O) groups is 2. The van der Waals surface area contributed by atoms with Gasteiger partial charge < -0.3 is 15.4 Å². The third-order valence-electron chi connectivity index (χ3n) is 3.83. The number of nitrogens with one attached hydrogen (secondary N) is 2. The lowest BCUT2D eigenvalue weighted by Gasteiger charge is -2.10. The molecule has 3 rings (SSSR count). The Morgan fingerprint density at radius 1 is 1.10 bits per heavy atom. The van der Waals surface area contributed by atoms with Crippen molar-refractivity contribution < 1.29 is 14.3 Å². The summed E-state index contributed by atoms with van der Waals surface area (Å²) in [5.74, 6) is -0.630. The molecule has 1 aromatic heterocycles. The van der Waals surface area contributed by atoms with Gasteiger partial charge in [-0.1, -0.05) is 18.2 Å². The first-order valence-corrected chi connectivity index (χ1v) is 8.77. The lowest BCUT2D eigenvalue weighted by molar-refractivity contribution is 0.0527. The van der Waals surface area contributed by atoms with Crippen LogP contribution in [0.2, 0.25) is 0 Å². The predicted octanol–water partition coefficient (Wildman–Crippen LogP) is 3.52. The Labute approximate surface area is 167 Å². The first-order chi connectivity index (χ1) is 14.1. The van der Waals surface area contributed by atoms with Crippen molar-refractivity contribution in [1.29, 1.82) is 5.26 Å². The van der Waals surface area contributed by atoms with E-state index in [1.165, 1.54) is 12.4 Å². The molecule has 2 N–H and O–H groups in total. The number of rotatable bonds is 6. The highest BCUT2D eigenvalue weighted by Crippen LogP contribution is 2.19. The maximum Gasteiger partial charge on any atom is 0.340 e. The fourth-order valence-electron chi connectivity index (χ4n) is 2.48. The molecule has 144 valence electrons. The van der Waals surface area contributed by atoms with Gasteiger partial charge in [0.15, 0.2) is 0 Å². The molecule has 1 heterocycles. The zero-order valence-corrected chi connectivity index (χ0v) is 15.5. The SMILES string of the molecule is CCOC(=O)c1ccccc1Nc1ncc(C(=O)Nc2cccc(C#N)c2)cn1. The smallest absolute Gasteiger partial charge is 0.340 e. The molecule has 8 nitrogen and oxygen atoms in total. The van der Waals surface area contributed by atoms with Crippen LogP contribution in [0.4, 0.5) is 17.3 Å². The predicted molar refractivity (Wildman–Crippen MR) is 107 cm³/mol. The Kier molecular flexibility index (Phi) is 6.12. The normalized spacial score (nSPS) is 9.93. The molecule has 0 saturated heterocycles. The van der Waals surface area contributed by atoms with E-state index >= 15 is 0 Å². The highest BCUT2D eigenvalue weighted by atomic mass is 16.5. The molecule has 2 aromatic carbocycles. The molecule has 1 amide bonds. The molecular formula is C21H17N5O3. The number of para-hydroxylation sites is 1. The van der Waals surface area contributed by atoms with E-state index in [0.29, 0.717) is 22.5 Å². The van der Waals surface area contributed by atoms with Crippen LogP contribution in [0.25, 0.3) is 0 Å². The van der Waals surface area contributed by atoms with E-state index in [9.17, 15) is 9.59 Å². The van der Waals surface area contributed by atoms with Gasteiger partial charge in [-0.05, 0) is 37.3 Å². The van der Waals surface area contributed by atoms with Gasteiger partial charge in [0.2, 0.25) is 5.95 Å². The summed E-state index contributed by atoms with van der Waals surface area (Å²) in [4.78, 5) is 32.6. The monoisotopic (exact) mass is 387 g/mol. The first kappa shape index (κ1) is 19.5. The zero-order valence-electron chi connectivity index (χ0n) is 15.5. The number of carbonyl (C=O) groups excluding carboxylic acids is 2. The van der Waals surface area contributed by atoms with Crippen molar-refractivity contribution >= 4 is 29.2 Å². The average Bonchev–Trinajstić information content (AvgIpc) is 2.75. The van der Waals surface area contributed by atoms with E-state index in [0.717, 1.165) is 0 Å². The van der Waals surface area contributed by atoms with Crippen molar-refractivity contribution in [2.24, 2.45) is 0 Å². The maximum absolute atomic E-state index is 12.3. The number of amides is 1. The van der Waals surface area contributed by atoms with Crippen LogP contribution in [0.5, 0.6) is 0 Å². The lowest BCUT2D eigenvalue weighted by Crippen LogP contribution is -2.13.